The van der Waals surface area contributed by atoms with E-state index in [-0.39, 0.29) is 0 Å². The predicted molar refractivity (Wildman–Crippen MR) is 64.0 cm³/mol. The standard InChI is InChI=1S/C12H16N4/c1-8-4-6-14-11-10(8)15-12(13)16(11)7-5-9-2-3-9/h4,6,9H,2-3,5,7H2,1H3,(H2,13,15). The average Bonchev–Trinajstić information content (AvgIpc) is 3.02. The van der Waals surface area contributed by atoms with Crippen LogP contribution in [0, 0.1) is 12.8 Å². The smallest absolute Gasteiger partial charge is 0.202 e. The first-order valence-corrected chi connectivity index (χ1v) is 5.83. The van der Waals surface area contributed by atoms with E-state index in [2.05, 4.69) is 9.97 Å². The van der Waals surface area contributed by atoms with Gasteiger partial charge < -0.3 is 5.73 Å². The molecule has 0 unspecified atom stereocenters. The SMILES string of the molecule is Cc1ccnc2c1nc(N)n2CCC1CC1. The van der Waals surface area contributed by atoms with Crippen LogP contribution in [-0.4, -0.2) is 14.5 Å². The summed E-state index contributed by atoms with van der Waals surface area (Å²) < 4.78 is 2.04. The molecule has 0 amide bonds. The van der Waals surface area contributed by atoms with Crippen LogP contribution in [0.5, 0.6) is 0 Å². The van der Waals surface area contributed by atoms with Crippen LogP contribution in [0.25, 0.3) is 11.2 Å². The van der Waals surface area contributed by atoms with Crippen LogP contribution in [0.2, 0.25) is 0 Å². The minimum atomic E-state index is 0.595. The van der Waals surface area contributed by atoms with Crippen molar-refractivity contribution in [1.29, 1.82) is 0 Å². The molecule has 4 heteroatoms. The number of anilines is 1. The van der Waals surface area contributed by atoms with Crippen molar-refractivity contribution in [3.63, 3.8) is 0 Å². The van der Waals surface area contributed by atoms with E-state index >= 15 is 0 Å². The van der Waals surface area contributed by atoms with Gasteiger partial charge in [0.05, 0.1) is 0 Å². The number of imidazole rings is 1. The number of rotatable bonds is 3. The van der Waals surface area contributed by atoms with E-state index in [4.69, 9.17) is 5.73 Å². The highest BCUT2D eigenvalue weighted by Crippen LogP contribution is 2.33. The maximum Gasteiger partial charge on any atom is 0.202 e. The molecular weight excluding hydrogens is 200 g/mol. The van der Waals surface area contributed by atoms with Crippen LogP contribution < -0.4 is 5.73 Å². The lowest BCUT2D eigenvalue weighted by Gasteiger charge is -2.04. The monoisotopic (exact) mass is 216 g/mol. The molecule has 3 rings (SSSR count). The Morgan fingerprint density at radius 3 is 3.06 bits per heavy atom. The Labute approximate surface area is 94.5 Å². The number of fused-ring (bicyclic) bond motifs is 1. The second kappa shape index (κ2) is 3.47. The number of nitrogens with two attached hydrogens (primary N) is 1. The number of hydrogen-bond acceptors (Lipinski definition) is 3. The Kier molecular flexibility index (Phi) is 2.09. The molecule has 16 heavy (non-hydrogen) atoms. The molecule has 1 fully saturated rings. The largest absolute Gasteiger partial charge is 0.369 e. The lowest BCUT2D eigenvalue weighted by Crippen LogP contribution is -2.04. The molecule has 0 saturated heterocycles. The zero-order valence-electron chi connectivity index (χ0n) is 9.48. The van der Waals surface area contributed by atoms with Crippen molar-refractivity contribution in [2.75, 3.05) is 5.73 Å². The average molecular weight is 216 g/mol. The molecule has 0 spiro atoms. The van der Waals surface area contributed by atoms with E-state index in [1.54, 1.807) is 0 Å². The third-order valence-electron chi connectivity index (χ3n) is 3.32. The zero-order valence-corrected chi connectivity index (χ0v) is 9.48. The Morgan fingerprint density at radius 1 is 1.50 bits per heavy atom. The molecule has 0 aliphatic heterocycles. The molecule has 4 nitrogen and oxygen atoms in total. The third-order valence-corrected chi connectivity index (χ3v) is 3.32. The number of aryl methyl sites for hydroxylation is 2. The molecular formula is C12H16N4. The number of aromatic nitrogens is 3. The van der Waals surface area contributed by atoms with E-state index in [1.807, 2.05) is 23.8 Å². The highest BCUT2D eigenvalue weighted by Gasteiger charge is 2.21. The Morgan fingerprint density at radius 2 is 2.31 bits per heavy atom. The van der Waals surface area contributed by atoms with E-state index in [9.17, 15) is 0 Å². The van der Waals surface area contributed by atoms with E-state index in [0.717, 1.165) is 29.2 Å². The van der Waals surface area contributed by atoms with Gasteiger partial charge in [-0.05, 0) is 30.9 Å². The minimum Gasteiger partial charge on any atom is -0.369 e. The van der Waals surface area contributed by atoms with Crippen molar-refractivity contribution in [2.45, 2.75) is 32.7 Å². The van der Waals surface area contributed by atoms with E-state index in [1.165, 1.54) is 19.3 Å². The molecule has 0 atom stereocenters. The van der Waals surface area contributed by atoms with E-state index in [0.29, 0.717) is 5.95 Å². The molecule has 2 N–H and O–H groups in total. The maximum absolute atomic E-state index is 5.94. The predicted octanol–water partition coefficient (Wildman–Crippen LogP) is 2.12. The lowest BCUT2D eigenvalue weighted by molar-refractivity contribution is 0.611. The lowest BCUT2D eigenvalue weighted by atomic mass is 10.2. The topological polar surface area (TPSA) is 56.7 Å². The van der Waals surface area contributed by atoms with Gasteiger partial charge in [0.1, 0.15) is 5.52 Å². The molecule has 1 saturated carbocycles. The molecule has 2 aromatic heterocycles. The van der Waals surface area contributed by atoms with Gasteiger partial charge in [-0.15, -0.1) is 0 Å². The van der Waals surface area contributed by atoms with Gasteiger partial charge in [0, 0.05) is 12.7 Å². The Balaban J connectivity index is 2.00. The Hall–Kier alpha value is -1.58. The summed E-state index contributed by atoms with van der Waals surface area (Å²) in [7, 11) is 0. The second-order valence-corrected chi connectivity index (χ2v) is 4.65. The van der Waals surface area contributed by atoms with Gasteiger partial charge in [0.2, 0.25) is 5.95 Å². The summed E-state index contributed by atoms with van der Waals surface area (Å²) in [5.41, 5.74) is 8.95. The molecule has 0 aromatic carbocycles. The van der Waals surface area contributed by atoms with Crippen molar-refractivity contribution in [3.8, 4) is 0 Å². The van der Waals surface area contributed by atoms with Crippen LogP contribution >= 0.6 is 0 Å². The summed E-state index contributed by atoms with van der Waals surface area (Å²) in [6.07, 6.45) is 5.77. The number of nitrogen functional groups attached to an aromatic ring is 1. The van der Waals surface area contributed by atoms with E-state index < -0.39 is 0 Å². The summed E-state index contributed by atoms with van der Waals surface area (Å²) in [6, 6.07) is 1.97. The first-order chi connectivity index (χ1) is 7.75. The molecule has 1 aliphatic carbocycles. The summed E-state index contributed by atoms with van der Waals surface area (Å²) in [4.78, 5) is 8.77. The van der Waals surface area contributed by atoms with Gasteiger partial charge in [0.15, 0.2) is 5.65 Å². The van der Waals surface area contributed by atoms with Crippen molar-refractivity contribution >= 4 is 17.1 Å². The molecule has 0 bridgehead atoms. The number of nitrogens with zero attached hydrogens (tertiary/aromatic N) is 3. The third kappa shape index (κ3) is 1.54. The van der Waals surface area contributed by atoms with Gasteiger partial charge in [-0.25, -0.2) is 9.97 Å². The van der Waals surface area contributed by atoms with Gasteiger partial charge in [-0.3, -0.25) is 4.57 Å². The zero-order chi connectivity index (χ0) is 11.1. The van der Waals surface area contributed by atoms with Gasteiger partial charge in [-0.2, -0.15) is 0 Å². The highest BCUT2D eigenvalue weighted by atomic mass is 15.2. The van der Waals surface area contributed by atoms with Crippen molar-refractivity contribution in [1.82, 2.24) is 14.5 Å². The van der Waals surface area contributed by atoms with Gasteiger partial charge in [0.25, 0.3) is 0 Å². The fourth-order valence-corrected chi connectivity index (χ4v) is 2.09. The number of hydrogen-bond donors (Lipinski definition) is 1. The summed E-state index contributed by atoms with van der Waals surface area (Å²) in [5.74, 6) is 1.50. The summed E-state index contributed by atoms with van der Waals surface area (Å²) in [6.45, 7) is 2.99. The normalized spacial score (nSPS) is 15.8. The minimum absolute atomic E-state index is 0.595. The highest BCUT2D eigenvalue weighted by molar-refractivity contribution is 5.77. The van der Waals surface area contributed by atoms with Crippen LogP contribution in [0.15, 0.2) is 12.3 Å². The van der Waals surface area contributed by atoms with Crippen LogP contribution in [-0.2, 0) is 6.54 Å². The van der Waals surface area contributed by atoms with Crippen LogP contribution in [0.1, 0.15) is 24.8 Å². The summed E-state index contributed by atoms with van der Waals surface area (Å²) in [5, 5.41) is 0. The van der Waals surface area contributed by atoms with Crippen molar-refractivity contribution < 1.29 is 0 Å². The molecule has 0 radical (unpaired) electrons. The first-order valence-electron chi connectivity index (χ1n) is 5.83. The Bertz CT molecular complexity index is 525. The van der Waals surface area contributed by atoms with Gasteiger partial charge in [-0.1, -0.05) is 12.8 Å². The summed E-state index contributed by atoms with van der Waals surface area (Å²) >= 11 is 0. The second-order valence-electron chi connectivity index (χ2n) is 4.65. The maximum atomic E-state index is 5.94. The quantitative estimate of drug-likeness (QED) is 0.855. The number of pyridine rings is 1. The van der Waals surface area contributed by atoms with Crippen LogP contribution in [0.4, 0.5) is 5.95 Å². The van der Waals surface area contributed by atoms with Crippen molar-refractivity contribution in [2.24, 2.45) is 5.92 Å². The molecule has 2 heterocycles. The van der Waals surface area contributed by atoms with Gasteiger partial charge >= 0.3 is 0 Å². The van der Waals surface area contributed by atoms with Crippen LogP contribution in [0.3, 0.4) is 0 Å². The molecule has 2 aromatic rings. The fraction of sp³-hybridized carbons (Fsp3) is 0.500. The molecule has 84 valence electrons. The van der Waals surface area contributed by atoms with Crippen molar-refractivity contribution in [3.05, 3.63) is 17.8 Å². The fourth-order valence-electron chi connectivity index (χ4n) is 2.09. The first kappa shape index (κ1) is 9.63. The molecule has 1 aliphatic rings.